The van der Waals surface area contributed by atoms with Crippen LogP contribution in [0.4, 0.5) is 0 Å². The van der Waals surface area contributed by atoms with Crippen molar-refractivity contribution in [2.24, 2.45) is 0 Å². The van der Waals surface area contributed by atoms with Crippen LogP contribution < -0.4 is 0 Å². The third-order valence-corrected chi connectivity index (χ3v) is 0. The molecule has 0 spiro atoms. The first kappa shape index (κ1) is 35.7. The van der Waals surface area contributed by atoms with Gasteiger partial charge in [0.25, 0.3) is 0 Å². The molecule has 0 heterocycles. The van der Waals surface area contributed by atoms with E-state index in [0.29, 0.717) is 0 Å². The normalized spacial score (nSPS) is 0. The van der Waals surface area contributed by atoms with Gasteiger partial charge in [-0.05, 0) is 0 Å². The Bertz CT molecular complexity index is 11.6. The van der Waals surface area contributed by atoms with Gasteiger partial charge in [0.2, 0.25) is 0 Å². The summed E-state index contributed by atoms with van der Waals surface area (Å²) in [6.07, 6.45) is 0. The van der Waals surface area contributed by atoms with Crippen LogP contribution in [-0.4, -0.2) is 47.0 Å². The minimum atomic E-state index is 0. The van der Waals surface area contributed by atoms with Gasteiger partial charge in [-0.25, -0.2) is 0 Å². The third-order valence-electron chi connectivity index (χ3n) is 0. The van der Waals surface area contributed by atoms with Crippen molar-refractivity contribution in [3.63, 3.8) is 0 Å². The smallest absolute Gasteiger partial charge is 0 e. The van der Waals surface area contributed by atoms with Crippen LogP contribution in [0.1, 0.15) is 0 Å². The Kier molecular flexibility index (Phi) is 174. The molecule has 0 rings (SSSR count). The van der Waals surface area contributed by atoms with Gasteiger partial charge >= 0.3 is 0 Å². The average molecular weight is 408 g/mol. The molecule has 0 nitrogen and oxygen atoms in total. The molecule has 0 aromatic rings. The van der Waals surface area contributed by atoms with Crippen molar-refractivity contribution >= 4 is 47.0 Å². The molecule has 0 aromatic heterocycles. The molecule has 0 aliphatic heterocycles. The zero-order valence-corrected chi connectivity index (χ0v) is 14.4. The molecule has 0 saturated carbocycles. The third kappa shape index (κ3) is 18.0. The van der Waals surface area contributed by atoms with Crippen LogP contribution in [0.15, 0.2) is 0 Å². The topological polar surface area (TPSA) is 0 Å². The molecule has 5 heavy (non-hydrogen) atoms. The van der Waals surface area contributed by atoms with Gasteiger partial charge in [0, 0.05) is 124 Å². The van der Waals surface area contributed by atoms with E-state index in [0.717, 1.165) is 0 Å². The van der Waals surface area contributed by atoms with Gasteiger partial charge in [-0.1, -0.05) is 0 Å². The van der Waals surface area contributed by atoms with E-state index >= 15 is 0 Å². The van der Waals surface area contributed by atoms with Crippen molar-refractivity contribution in [2.75, 3.05) is 0 Å². The Hall–Kier alpha value is 4.06. The molecular formula is MgMnNdSnZn. The Morgan fingerprint density at radius 1 is 1.00 bits per heavy atom. The second-order valence-electron chi connectivity index (χ2n) is 0. The maximum Gasteiger partial charge on any atom is 0 e. The van der Waals surface area contributed by atoms with Crippen molar-refractivity contribution in [2.45, 2.75) is 0 Å². The number of hydrogen-bond acceptors (Lipinski definition) is 0. The molecule has 0 fully saturated rings. The second-order valence-corrected chi connectivity index (χ2v) is 0. The zero-order chi connectivity index (χ0) is 0. The van der Waals surface area contributed by atoms with Crippen LogP contribution in [0.3, 0.4) is 0 Å². The van der Waals surface area contributed by atoms with E-state index in [4.69, 9.17) is 0 Å². The Morgan fingerprint density at radius 2 is 1.00 bits per heavy atom. The van der Waals surface area contributed by atoms with Crippen LogP contribution in [-0.2, 0) is 36.5 Å². The Morgan fingerprint density at radius 3 is 1.00 bits per heavy atom. The Labute approximate surface area is 121 Å². The summed E-state index contributed by atoms with van der Waals surface area (Å²) >= 11 is 0. The molecule has 0 atom stereocenters. The molecule has 5 heteroatoms. The molecule has 0 saturated heterocycles. The minimum Gasteiger partial charge on any atom is 0 e. The summed E-state index contributed by atoms with van der Waals surface area (Å²) in [4.78, 5) is 0. The van der Waals surface area contributed by atoms with E-state index in [1.165, 1.54) is 0 Å². The predicted octanol–water partition coefficient (Wildman–Crippen LogP) is -0.767. The fourth-order valence-corrected chi connectivity index (χ4v) is 0. The van der Waals surface area contributed by atoms with Crippen LogP contribution in [0.2, 0.25) is 0 Å². The van der Waals surface area contributed by atoms with Crippen molar-refractivity contribution in [1.82, 2.24) is 0 Å². The quantitative estimate of drug-likeness (QED) is 0.463. The summed E-state index contributed by atoms with van der Waals surface area (Å²) in [6, 6.07) is 0. The molecule has 0 unspecified atom stereocenters. The van der Waals surface area contributed by atoms with Crippen molar-refractivity contribution < 1.29 is 77.4 Å². The monoisotopic (exact) mass is 405 g/mol. The van der Waals surface area contributed by atoms with Gasteiger partial charge in [-0.3, -0.25) is 0 Å². The average Bonchev–Trinajstić information content (AvgIpc) is 0. The van der Waals surface area contributed by atoms with E-state index in [-0.39, 0.29) is 124 Å². The molecule has 0 N–H and O–H groups in total. The van der Waals surface area contributed by atoms with Crippen molar-refractivity contribution in [3.05, 3.63) is 0 Å². The van der Waals surface area contributed by atoms with E-state index in [9.17, 15) is 0 Å². The summed E-state index contributed by atoms with van der Waals surface area (Å²) in [5, 5.41) is 0. The van der Waals surface area contributed by atoms with Gasteiger partial charge in [-0.2, -0.15) is 0 Å². The minimum absolute atomic E-state index is 0. The fourth-order valence-electron chi connectivity index (χ4n) is 0. The SMILES string of the molecule is [Mg].[Mn].[Nd].[Sn].[Zn]. The first-order valence-electron chi connectivity index (χ1n) is 0. The maximum atomic E-state index is 0. The maximum absolute atomic E-state index is 0. The van der Waals surface area contributed by atoms with Gasteiger partial charge in [-0.15, -0.1) is 0 Å². The summed E-state index contributed by atoms with van der Waals surface area (Å²) < 4.78 is 0. The van der Waals surface area contributed by atoms with Gasteiger partial charge < -0.3 is 0 Å². The zero-order valence-electron chi connectivity index (χ0n) is 2.79. The van der Waals surface area contributed by atoms with Crippen LogP contribution in [0.25, 0.3) is 0 Å². The fraction of sp³-hybridized carbons (Fsp3) is 0. The molecule has 7 radical (unpaired) electrons. The summed E-state index contributed by atoms with van der Waals surface area (Å²) in [5.74, 6) is 0. The molecule has 0 amide bonds. The number of rotatable bonds is 0. The molecule has 0 aromatic carbocycles. The van der Waals surface area contributed by atoms with Crippen LogP contribution in [0.5, 0.6) is 0 Å². The molecule has 0 bridgehead atoms. The number of hydrogen-bond donors (Lipinski definition) is 0. The van der Waals surface area contributed by atoms with E-state index in [1.807, 2.05) is 0 Å². The van der Waals surface area contributed by atoms with E-state index < -0.39 is 0 Å². The van der Waals surface area contributed by atoms with E-state index in [2.05, 4.69) is 0 Å². The van der Waals surface area contributed by atoms with Gasteiger partial charge in [0.05, 0.1) is 0 Å². The van der Waals surface area contributed by atoms with Gasteiger partial charge in [0.1, 0.15) is 0 Å². The van der Waals surface area contributed by atoms with E-state index in [1.54, 1.807) is 0 Å². The predicted molar refractivity (Wildman–Crippen MR) is 11.5 cm³/mol. The first-order valence-corrected chi connectivity index (χ1v) is 0. The summed E-state index contributed by atoms with van der Waals surface area (Å²) in [6.45, 7) is 0. The second kappa shape index (κ2) is 24.4. The molecular weight excluding hydrogens is 408 g/mol. The summed E-state index contributed by atoms with van der Waals surface area (Å²) in [7, 11) is 0. The first-order chi connectivity index (χ1) is 0. The summed E-state index contributed by atoms with van der Waals surface area (Å²) in [5.41, 5.74) is 0. The Balaban J connectivity index is 0. The molecule has 0 aliphatic carbocycles. The molecule has 0 aliphatic rings. The van der Waals surface area contributed by atoms with Crippen molar-refractivity contribution in [1.29, 1.82) is 0 Å². The van der Waals surface area contributed by atoms with Crippen molar-refractivity contribution in [3.8, 4) is 0 Å². The standard InChI is InChI=1S/Mg.Mn.Nd.Sn.Zn. The van der Waals surface area contributed by atoms with Gasteiger partial charge in [0.15, 0.2) is 0 Å². The largest absolute Gasteiger partial charge is 0 e. The van der Waals surface area contributed by atoms with Crippen LogP contribution in [0, 0.1) is 40.8 Å². The molecule has 19 valence electrons. The van der Waals surface area contributed by atoms with Crippen LogP contribution >= 0.6 is 0 Å².